The fraction of sp³-hybridized carbons (Fsp3) is 0.385. The quantitative estimate of drug-likeness (QED) is 0.646. The predicted octanol–water partition coefficient (Wildman–Crippen LogP) is 0.617. The van der Waals surface area contributed by atoms with Gasteiger partial charge in [-0.25, -0.2) is 4.79 Å². The summed E-state index contributed by atoms with van der Waals surface area (Å²) in [6.07, 6.45) is 0. The molecule has 0 bridgehead atoms. The molecule has 0 aliphatic carbocycles. The van der Waals surface area contributed by atoms with Gasteiger partial charge in [0, 0.05) is 11.3 Å². The molecular weight excluding hydrogens is 266 g/mol. The summed E-state index contributed by atoms with van der Waals surface area (Å²) in [6, 6.07) is 4.85. The number of anilines is 1. The maximum absolute atomic E-state index is 11.5. The third-order valence-corrected chi connectivity index (χ3v) is 2.27. The summed E-state index contributed by atoms with van der Waals surface area (Å²) in [6.45, 7) is 1.21. The Morgan fingerprint density at radius 3 is 2.65 bits per heavy atom. The second-order valence-electron chi connectivity index (χ2n) is 3.85. The van der Waals surface area contributed by atoms with E-state index in [0.717, 1.165) is 0 Å². The van der Waals surface area contributed by atoms with Crippen LogP contribution < -0.4 is 10.1 Å². The number of aliphatic hydroxyl groups is 1. The lowest BCUT2D eigenvalue weighted by atomic mass is 10.2. The van der Waals surface area contributed by atoms with Crippen LogP contribution in [0.2, 0.25) is 0 Å². The van der Waals surface area contributed by atoms with Crippen LogP contribution in [-0.2, 0) is 20.9 Å². The lowest BCUT2D eigenvalue weighted by Crippen LogP contribution is -2.20. The first-order valence-electron chi connectivity index (χ1n) is 6.02. The van der Waals surface area contributed by atoms with Crippen molar-refractivity contribution in [1.29, 1.82) is 0 Å². The molecule has 3 N–H and O–H groups in total. The highest BCUT2D eigenvalue weighted by molar-refractivity contribution is 5.92. The molecule has 20 heavy (non-hydrogen) atoms. The van der Waals surface area contributed by atoms with Crippen LogP contribution in [0.3, 0.4) is 0 Å². The number of carboxylic acids is 1. The Kier molecular flexibility index (Phi) is 6.48. The van der Waals surface area contributed by atoms with Crippen molar-refractivity contribution >= 4 is 17.6 Å². The van der Waals surface area contributed by atoms with Crippen molar-refractivity contribution in [2.45, 2.75) is 13.5 Å². The number of benzene rings is 1. The number of hydrogen-bond donors (Lipinski definition) is 3. The standard InChI is InChI=1S/C13H17NO6/c1-2-20-11-4-3-10(5-9(11)6-15)14-12(16)7-19-8-13(17)18/h3-5,15H,2,6-8H2,1H3,(H,14,16)(H,17,18). The van der Waals surface area contributed by atoms with Gasteiger partial charge in [0.15, 0.2) is 0 Å². The van der Waals surface area contributed by atoms with Gasteiger partial charge in [-0.3, -0.25) is 4.79 Å². The van der Waals surface area contributed by atoms with Gasteiger partial charge in [-0.2, -0.15) is 0 Å². The van der Waals surface area contributed by atoms with Crippen molar-refractivity contribution in [3.8, 4) is 5.75 Å². The smallest absolute Gasteiger partial charge is 0.329 e. The molecular formula is C13H17NO6. The second kappa shape index (κ2) is 8.13. The summed E-state index contributed by atoms with van der Waals surface area (Å²) in [7, 11) is 0. The van der Waals surface area contributed by atoms with Crippen molar-refractivity contribution in [2.75, 3.05) is 25.1 Å². The van der Waals surface area contributed by atoms with Gasteiger partial charge in [0.2, 0.25) is 5.91 Å². The summed E-state index contributed by atoms with van der Waals surface area (Å²) in [5.41, 5.74) is 1.03. The molecule has 7 nitrogen and oxygen atoms in total. The highest BCUT2D eigenvalue weighted by Crippen LogP contribution is 2.22. The Hall–Kier alpha value is -2.12. The first-order chi connectivity index (χ1) is 9.56. The number of carbonyl (C=O) groups is 2. The maximum Gasteiger partial charge on any atom is 0.329 e. The number of aliphatic carboxylic acids is 1. The molecule has 0 atom stereocenters. The fourth-order valence-corrected chi connectivity index (χ4v) is 1.51. The van der Waals surface area contributed by atoms with Crippen molar-refractivity contribution in [3.05, 3.63) is 23.8 Å². The predicted molar refractivity (Wildman–Crippen MR) is 70.6 cm³/mol. The van der Waals surface area contributed by atoms with Gasteiger partial charge in [-0.05, 0) is 25.1 Å². The normalized spacial score (nSPS) is 10.1. The first kappa shape index (κ1) is 15.9. The molecule has 0 fully saturated rings. The monoisotopic (exact) mass is 283 g/mol. The van der Waals surface area contributed by atoms with E-state index in [1.165, 1.54) is 0 Å². The summed E-state index contributed by atoms with van der Waals surface area (Å²) in [5.74, 6) is -1.06. The molecule has 1 aromatic carbocycles. The summed E-state index contributed by atoms with van der Waals surface area (Å²) in [5, 5.41) is 20.1. The minimum atomic E-state index is -1.14. The zero-order chi connectivity index (χ0) is 15.0. The Bertz CT molecular complexity index is 474. The van der Waals surface area contributed by atoms with Gasteiger partial charge in [-0.1, -0.05) is 0 Å². The van der Waals surface area contributed by atoms with Crippen LogP contribution in [0.1, 0.15) is 12.5 Å². The van der Waals surface area contributed by atoms with Crippen LogP contribution in [0.15, 0.2) is 18.2 Å². The molecule has 110 valence electrons. The summed E-state index contributed by atoms with van der Waals surface area (Å²) in [4.78, 5) is 21.7. The summed E-state index contributed by atoms with van der Waals surface area (Å²) >= 11 is 0. The van der Waals surface area contributed by atoms with E-state index in [9.17, 15) is 14.7 Å². The van der Waals surface area contributed by atoms with Crippen LogP contribution in [0.25, 0.3) is 0 Å². The van der Waals surface area contributed by atoms with E-state index in [4.69, 9.17) is 9.84 Å². The average Bonchev–Trinajstić information content (AvgIpc) is 2.40. The van der Waals surface area contributed by atoms with Gasteiger partial charge in [0.25, 0.3) is 0 Å². The van der Waals surface area contributed by atoms with Crippen molar-refractivity contribution in [3.63, 3.8) is 0 Å². The molecule has 1 aromatic rings. The number of carbonyl (C=O) groups excluding carboxylic acids is 1. The molecule has 1 amide bonds. The summed E-state index contributed by atoms with van der Waals surface area (Å²) < 4.78 is 9.98. The molecule has 0 saturated carbocycles. The number of aliphatic hydroxyl groups excluding tert-OH is 1. The average molecular weight is 283 g/mol. The minimum Gasteiger partial charge on any atom is -0.494 e. The SMILES string of the molecule is CCOc1ccc(NC(=O)COCC(=O)O)cc1CO. The Balaban J connectivity index is 2.59. The number of ether oxygens (including phenoxy) is 2. The zero-order valence-electron chi connectivity index (χ0n) is 11.1. The number of nitrogens with one attached hydrogen (secondary N) is 1. The third-order valence-electron chi connectivity index (χ3n) is 2.27. The topological polar surface area (TPSA) is 105 Å². The van der Waals surface area contributed by atoms with E-state index in [1.54, 1.807) is 18.2 Å². The van der Waals surface area contributed by atoms with Gasteiger partial charge in [0.1, 0.15) is 19.0 Å². The Morgan fingerprint density at radius 2 is 2.05 bits per heavy atom. The maximum atomic E-state index is 11.5. The van der Waals surface area contributed by atoms with E-state index >= 15 is 0 Å². The van der Waals surface area contributed by atoms with E-state index < -0.39 is 18.5 Å². The molecule has 1 rings (SSSR count). The van der Waals surface area contributed by atoms with Gasteiger partial charge in [-0.15, -0.1) is 0 Å². The van der Waals surface area contributed by atoms with Crippen molar-refractivity contribution in [2.24, 2.45) is 0 Å². The van der Waals surface area contributed by atoms with Crippen molar-refractivity contribution in [1.82, 2.24) is 0 Å². The van der Waals surface area contributed by atoms with Gasteiger partial charge >= 0.3 is 5.97 Å². The number of hydrogen-bond acceptors (Lipinski definition) is 5. The lowest BCUT2D eigenvalue weighted by molar-refractivity contribution is -0.143. The Labute approximate surface area is 116 Å². The second-order valence-corrected chi connectivity index (χ2v) is 3.85. The van der Waals surface area contributed by atoms with Crippen LogP contribution in [0, 0.1) is 0 Å². The third kappa shape index (κ3) is 5.25. The van der Waals surface area contributed by atoms with E-state index in [1.807, 2.05) is 6.92 Å². The van der Waals surface area contributed by atoms with E-state index in [-0.39, 0.29) is 13.2 Å². The molecule has 0 aromatic heterocycles. The van der Waals surface area contributed by atoms with Crippen LogP contribution >= 0.6 is 0 Å². The lowest BCUT2D eigenvalue weighted by Gasteiger charge is -2.11. The zero-order valence-corrected chi connectivity index (χ0v) is 11.1. The number of carboxylic acid groups (broad SMARTS) is 1. The van der Waals surface area contributed by atoms with E-state index in [2.05, 4.69) is 10.1 Å². The molecule has 0 saturated heterocycles. The van der Waals surface area contributed by atoms with Gasteiger partial charge < -0.3 is 25.0 Å². The first-order valence-corrected chi connectivity index (χ1v) is 6.02. The molecule has 0 aliphatic rings. The van der Waals surface area contributed by atoms with Crippen LogP contribution in [-0.4, -0.2) is 41.9 Å². The van der Waals surface area contributed by atoms with Crippen molar-refractivity contribution < 1.29 is 29.3 Å². The Morgan fingerprint density at radius 1 is 1.30 bits per heavy atom. The highest BCUT2D eigenvalue weighted by atomic mass is 16.5. The molecule has 0 aliphatic heterocycles. The van der Waals surface area contributed by atoms with Gasteiger partial charge in [0.05, 0.1) is 13.2 Å². The molecule has 0 radical (unpaired) electrons. The molecule has 0 spiro atoms. The highest BCUT2D eigenvalue weighted by Gasteiger charge is 2.08. The fourth-order valence-electron chi connectivity index (χ4n) is 1.51. The number of rotatable bonds is 8. The number of amides is 1. The van der Waals surface area contributed by atoms with Crippen LogP contribution in [0.4, 0.5) is 5.69 Å². The largest absolute Gasteiger partial charge is 0.494 e. The van der Waals surface area contributed by atoms with E-state index in [0.29, 0.717) is 23.6 Å². The molecule has 7 heteroatoms. The van der Waals surface area contributed by atoms with Crippen LogP contribution in [0.5, 0.6) is 5.75 Å². The molecule has 0 unspecified atom stereocenters. The minimum absolute atomic E-state index is 0.214. The molecule has 0 heterocycles.